The van der Waals surface area contributed by atoms with Crippen molar-refractivity contribution in [3.05, 3.63) is 63.6 Å². The molecule has 136 valence electrons. The molecule has 1 saturated heterocycles. The highest BCUT2D eigenvalue weighted by molar-refractivity contribution is 6.31. The summed E-state index contributed by atoms with van der Waals surface area (Å²) in [5, 5.41) is 5.27. The second-order valence-corrected chi connectivity index (χ2v) is 9.37. The molecule has 2 aliphatic heterocycles. The highest BCUT2D eigenvalue weighted by Crippen LogP contribution is 2.57. The van der Waals surface area contributed by atoms with Gasteiger partial charge < -0.3 is 5.32 Å². The largest absolute Gasteiger partial charge is 0.309 e. The Balaban J connectivity index is 1.94. The molecule has 26 heavy (non-hydrogen) atoms. The minimum atomic E-state index is -0.207. The minimum Gasteiger partial charge on any atom is -0.309 e. The average Bonchev–Trinajstić information content (AvgIpc) is 2.92. The van der Waals surface area contributed by atoms with E-state index in [1.165, 1.54) is 11.1 Å². The molecule has 0 aliphatic carbocycles. The molecule has 1 unspecified atom stereocenters. The van der Waals surface area contributed by atoms with Gasteiger partial charge in [0.2, 0.25) is 0 Å². The fraction of sp³-hybridized carbons (Fsp3) is 0.409. The van der Waals surface area contributed by atoms with Crippen molar-refractivity contribution < 1.29 is 0 Å². The Hall–Kier alpha value is -1.35. The third-order valence-corrected chi connectivity index (χ3v) is 6.38. The summed E-state index contributed by atoms with van der Waals surface area (Å²) in [6.45, 7) is 7.99. The van der Waals surface area contributed by atoms with Crippen LogP contribution >= 0.6 is 23.2 Å². The van der Waals surface area contributed by atoms with Gasteiger partial charge >= 0.3 is 0 Å². The number of halogens is 2. The van der Waals surface area contributed by atoms with Crippen molar-refractivity contribution in [2.45, 2.75) is 38.6 Å². The number of aliphatic imine (C=N–C) groups is 1. The number of hydrogen-bond donors (Lipinski definition) is 1. The van der Waals surface area contributed by atoms with Gasteiger partial charge in [-0.25, -0.2) is 0 Å². The fourth-order valence-corrected chi connectivity index (χ4v) is 5.31. The Morgan fingerprint density at radius 2 is 1.85 bits per heavy atom. The van der Waals surface area contributed by atoms with Crippen molar-refractivity contribution in [2.75, 3.05) is 6.54 Å². The van der Waals surface area contributed by atoms with E-state index in [2.05, 4.69) is 50.5 Å². The molecule has 4 rings (SSSR count). The van der Waals surface area contributed by atoms with Crippen molar-refractivity contribution in [1.29, 1.82) is 0 Å². The zero-order valence-corrected chi connectivity index (χ0v) is 16.9. The quantitative estimate of drug-likeness (QED) is 0.606. The number of nitrogens with one attached hydrogen (secondary N) is 1. The highest BCUT2D eigenvalue weighted by atomic mass is 35.5. The van der Waals surface area contributed by atoms with E-state index in [1.807, 2.05) is 24.3 Å². The van der Waals surface area contributed by atoms with Crippen LogP contribution in [0.3, 0.4) is 0 Å². The van der Waals surface area contributed by atoms with E-state index >= 15 is 0 Å². The van der Waals surface area contributed by atoms with E-state index in [0.29, 0.717) is 5.92 Å². The predicted octanol–water partition coefficient (Wildman–Crippen LogP) is 6.34. The zero-order chi connectivity index (χ0) is 18.5. The van der Waals surface area contributed by atoms with Crippen molar-refractivity contribution in [2.24, 2.45) is 16.3 Å². The second-order valence-electron chi connectivity index (χ2n) is 8.50. The molecule has 1 spiro atoms. The van der Waals surface area contributed by atoms with E-state index in [1.54, 1.807) is 0 Å². The fourth-order valence-electron chi connectivity index (χ4n) is 4.94. The van der Waals surface area contributed by atoms with Crippen LogP contribution in [-0.2, 0) is 5.41 Å². The van der Waals surface area contributed by atoms with Gasteiger partial charge in [0.05, 0.1) is 11.1 Å². The van der Waals surface area contributed by atoms with Crippen LogP contribution in [0.25, 0.3) is 0 Å². The molecule has 1 N–H and O–H groups in total. The van der Waals surface area contributed by atoms with Gasteiger partial charge in [-0.05, 0) is 59.7 Å². The summed E-state index contributed by atoms with van der Waals surface area (Å²) >= 11 is 12.6. The van der Waals surface area contributed by atoms with Gasteiger partial charge in [0.1, 0.15) is 0 Å². The van der Waals surface area contributed by atoms with Crippen LogP contribution in [0.2, 0.25) is 10.0 Å². The van der Waals surface area contributed by atoms with Gasteiger partial charge in [-0.1, -0.05) is 62.2 Å². The molecular formula is C22H24Cl2N2. The molecule has 2 nitrogen and oxygen atoms in total. The summed E-state index contributed by atoms with van der Waals surface area (Å²) in [6.07, 6.45) is 3.27. The monoisotopic (exact) mass is 386 g/mol. The maximum absolute atomic E-state index is 6.33. The molecule has 2 aliphatic rings. The zero-order valence-electron chi connectivity index (χ0n) is 15.4. The number of piperidine rings is 1. The summed E-state index contributed by atoms with van der Waals surface area (Å²) in [7, 11) is 0. The van der Waals surface area contributed by atoms with E-state index in [-0.39, 0.29) is 16.9 Å². The van der Waals surface area contributed by atoms with Crippen LogP contribution in [0.1, 0.15) is 44.4 Å². The molecule has 0 saturated carbocycles. The Kier molecular flexibility index (Phi) is 4.42. The van der Waals surface area contributed by atoms with Crippen molar-refractivity contribution >= 4 is 35.1 Å². The third-order valence-electron chi connectivity index (χ3n) is 5.91. The summed E-state index contributed by atoms with van der Waals surface area (Å²) in [5.41, 5.74) is 3.40. The number of benzene rings is 2. The lowest BCUT2D eigenvalue weighted by Gasteiger charge is -2.52. The molecule has 0 amide bonds. The van der Waals surface area contributed by atoms with Crippen LogP contribution in [0, 0.1) is 11.3 Å². The molecule has 0 radical (unpaired) electrons. The third kappa shape index (κ3) is 2.79. The van der Waals surface area contributed by atoms with E-state index < -0.39 is 0 Å². The van der Waals surface area contributed by atoms with Gasteiger partial charge in [0.15, 0.2) is 0 Å². The summed E-state index contributed by atoms with van der Waals surface area (Å²) < 4.78 is 0. The minimum absolute atomic E-state index is 0.130. The number of fused-ring (bicyclic) bond motifs is 2. The maximum atomic E-state index is 6.33. The Labute approximate surface area is 165 Å². The van der Waals surface area contributed by atoms with Crippen molar-refractivity contribution in [1.82, 2.24) is 5.32 Å². The summed E-state index contributed by atoms with van der Waals surface area (Å²) in [5.74, 6) is 0.450. The van der Waals surface area contributed by atoms with E-state index in [9.17, 15) is 0 Å². The molecular weight excluding hydrogens is 363 g/mol. The lowest BCUT2D eigenvalue weighted by Crippen LogP contribution is -2.56. The second kappa shape index (κ2) is 6.37. The first-order chi connectivity index (χ1) is 12.3. The van der Waals surface area contributed by atoms with Gasteiger partial charge in [-0.3, -0.25) is 4.99 Å². The number of rotatable bonds is 1. The predicted molar refractivity (Wildman–Crippen MR) is 111 cm³/mol. The molecule has 4 heteroatoms. The average molecular weight is 387 g/mol. The molecule has 2 aromatic carbocycles. The molecule has 3 atom stereocenters. The Bertz CT molecular complexity index is 869. The topological polar surface area (TPSA) is 24.4 Å². The van der Waals surface area contributed by atoms with Crippen molar-refractivity contribution in [3.8, 4) is 0 Å². The van der Waals surface area contributed by atoms with Crippen LogP contribution in [-0.4, -0.2) is 12.8 Å². The van der Waals surface area contributed by atoms with Crippen LogP contribution in [0.15, 0.2) is 47.5 Å². The Morgan fingerprint density at radius 1 is 1.08 bits per heavy atom. The SMILES string of the molecule is CC(C)(C)[C@H]1CCNC(c2cccc(Cl)c2)[C@]12C=Nc1cc(Cl)ccc12. The van der Waals surface area contributed by atoms with Gasteiger partial charge in [0, 0.05) is 22.3 Å². The number of hydrogen-bond acceptors (Lipinski definition) is 2. The van der Waals surface area contributed by atoms with E-state index in [4.69, 9.17) is 28.2 Å². The first kappa shape index (κ1) is 18.0. The van der Waals surface area contributed by atoms with Crippen LogP contribution in [0.5, 0.6) is 0 Å². The van der Waals surface area contributed by atoms with Crippen LogP contribution < -0.4 is 5.32 Å². The maximum Gasteiger partial charge on any atom is 0.0683 e. The highest BCUT2D eigenvalue weighted by Gasteiger charge is 2.54. The lowest BCUT2D eigenvalue weighted by atomic mass is 9.55. The normalized spacial score (nSPS) is 27.7. The molecule has 0 aromatic heterocycles. The standard InChI is InChI=1S/C22H24Cl2N2/c1-21(2,3)19-9-10-25-20(14-5-4-6-15(23)11-14)22(19)13-26-18-12-16(24)7-8-17(18)22/h4-8,11-13,19-20,25H,9-10H2,1-3H3/t19-,20?,22+/m1/s1. The summed E-state index contributed by atoms with van der Waals surface area (Å²) in [6, 6.07) is 14.5. The smallest absolute Gasteiger partial charge is 0.0683 e. The molecule has 0 bridgehead atoms. The first-order valence-corrected chi connectivity index (χ1v) is 9.92. The van der Waals surface area contributed by atoms with Crippen LogP contribution in [0.4, 0.5) is 5.69 Å². The lowest BCUT2D eigenvalue weighted by molar-refractivity contribution is 0.0986. The Morgan fingerprint density at radius 3 is 2.58 bits per heavy atom. The van der Waals surface area contributed by atoms with Gasteiger partial charge in [0.25, 0.3) is 0 Å². The molecule has 2 aromatic rings. The molecule has 1 fully saturated rings. The first-order valence-electron chi connectivity index (χ1n) is 9.16. The molecule has 2 heterocycles. The van der Waals surface area contributed by atoms with E-state index in [0.717, 1.165) is 28.7 Å². The van der Waals surface area contributed by atoms with Gasteiger partial charge in [-0.2, -0.15) is 0 Å². The van der Waals surface area contributed by atoms with Gasteiger partial charge in [-0.15, -0.1) is 0 Å². The summed E-state index contributed by atoms with van der Waals surface area (Å²) in [4.78, 5) is 4.82. The number of nitrogens with zero attached hydrogens (tertiary/aromatic N) is 1. The van der Waals surface area contributed by atoms with Crippen molar-refractivity contribution in [3.63, 3.8) is 0 Å².